The predicted octanol–water partition coefficient (Wildman–Crippen LogP) is 2.16. The van der Waals surface area contributed by atoms with Gasteiger partial charge in [-0.3, -0.25) is 9.59 Å². The summed E-state index contributed by atoms with van der Waals surface area (Å²) in [6.07, 6.45) is 4.15. The fraction of sp³-hybridized carbons (Fsp3) is 0.500. The Morgan fingerprint density at radius 2 is 2.21 bits per heavy atom. The van der Waals surface area contributed by atoms with Crippen molar-refractivity contribution in [2.24, 2.45) is 13.0 Å². The van der Waals surface area contributed by atoms with Gasteiger partial charge >= 0.3 is 0 Å². The molecule has 0 atom stereocenters. The van der Waals surface area contributed by atoms with Crippen molar-refractivity contribution in [3.8, 4) is 0 Å². The van der Waals surface area contributed by atoms with Crippen LogP contribution in [0.3, 0.4) is 0 Å². The van der Waals surface area contributed by atoms with Crippen LogP contribution in [0.4, 0.5) is 0 Å². The van der Waals surface area contributed by atoms with Crippen molar-refractivity contribution >= 4 is 5.91 Å². The summed E-state index contributed by atoms with van der Waals surface area (Å²) in [7, 11) is 1.66. The first-order valence-corrected chi connectivity index (χ1v) is 8.37. The summed E-state index contributed by atoms with van der Waals surface area (Å²) in [6.45, 7) is 5.37. The SMILES string of the molecule is CC(C)CCc1nc2c(o1)CCN(C(=O)c1ccn(C)c(=O)c1)C2. The van der Waals surface area contributed by atoms with E-state index in [1.807, 2.05) is 0 Å². The highest BCUT2D eigenvalue weighted by Gasteiger charge is 2.26. The van der Waals surface area contributed by atoms with Crippen LogP contribution in [0.25, 0.3) is 0 Å². The number of carbonyl (C=O) groups is 1. The minimum absolute atomic E-state index is 0.134. The Hall–Kier alpha value is -2.37. The van der Waals surface area contributed by atoms with E-state index in [1.165, 1.54) is 10.6 Å². The molecule has 0 spiro atoms. The van der Waals surface area contributed by atoms with Gasteiger partial charge in [-0.05, 0) is 18.4 Å². The molecule has 6 heteroatoms. The minimum atomic E-state index is -0.184. The molecule has 2 aromatic rings. The number of nitrogens with zero attached hydrogens (tertiary/aromatic N) is 3. The Bertz CT molecular complexity index is 804. The lowest BCUT2D eigenvalue weighted by Crippen LogP contribution is -2.36. The smallest absolute Gasteiger partial charge is 0.254 e. The molecule has 128 valence electrons. The number of pyridine rings is 1. The van der Waals surface area contributed by atoms with Gasteiger partial charge in [-0.1, -0.05) is 13.8 Å². The number of carbonyl (C=O) groups excluding carboxylic acids is 1. The van der Waals surface area contributed by atoms with Gasteiger partial charge < -0.3 is 13.9 Å². The van der Waals surface area contributed by atoms with Crippen LogP contribution < -0.4 is 5.56 Å². The molecule has 0 unspecified atom stereocenters. The van der Waals surface area contributed by atoms with Crippen LogP contribution in [0.1, 0.15) is 48.0 Å². The van der Waals surface area contributed by atoms with E-state index in [-0.39, 0.29) is 11.5 Å². The molecule has 3 rings (SSSR count). The number of aryl methyl sites for hydroxylation is 2. The number of oxazole rings is 1. The molecule has 6 nitrogen and oxygen atoms in total. The molecule has 2 aromatic heterocycles. The molecule has 1 aliphatic heterocycles. The van der Waals surface area contributed by atoms with Crippen molar-refractivity contribution < 1.29 is 9.21 Å². The fourth-order valence-electron chi connectivity index (χ4n) is 2.81. The van der Waals surface area contributed by atoms with Crippen molar-refractivity contribution in [1.29, 1.82) is 0 Å². The largest absolute Gasteiger partial charge is 0.445 e. The van der Waals surface area contributed by atoms with E-state index in [1.54, 1.807) is 24.2 Å². The number of rotatable bonds is 4. The second-order valence-electron chi connectivity index (χ2n) is 6.75. The Morgan fingerprint density at radius 3 is 2.92 bits per heavy atom. The van der Waals surface area contributed by atoms with Crippen LogP contribution in [0.15, 0.2) is 27.5 Å². The lowest BCUT2D eigenvalue weighted by Gasteiger charge is -2.25. The second-order valence-corrected chi connectivity index (χ2v) is 6.75. The average Bonchev–Trinajstić information content (AvgIpc) is 2.96. The second kappa shape index (κ2) is 6.63. The number of hydrogen-bond donors (Lipinski definition) is 0. The van der Waals surface area contributed by atoms with Crippen molar-refractivity contribution in [2.75, 3.05) is 6.54 Å². The van der Waals surface area contributed by atoms with Gasteiger partial charge in [-0.15, -0.1) is 0 Å². The van der Waals surface area contributed by atoms with Gasteiger partial charge in [0.1, 0.15) is 11.5 Å². The molecule has 0 aromatic carbocycles. The summed E-state index contributed by atoms with van der Waals surface area (Å²) < 4.78 is 7.27. The quantitative estimate of drug-likeness (QED) is 0.862. The Balaban J connectivity index is 1.73. The Morgan fingerprint density at radius 1 is 1.42 bits per heavy atom. The first kappa shape index (κ1) is 16.5. The maximum Gasteiger partial charge on any atom is 0.254 e. The zero-order valence-corrected chi connectivity index (χ0v) is 14.4. The van der Waals surface area contributed by atoms with Gasteiger partial charge in [0.25, 0.3) is 11.5 Å². The van der Waals surface area contributed by atoms with Crippen molar-refractivity contribution in [1.82, 2.24) is 14.5 Å². The van der Waals surface area contributed by atoms with Gasteiger partial charge in [0.05, 0.1) is 6.54 Å². The number of aromatic nitrogens is 2. The highest BCUT2D eigenvalue weighted by atomic mass is 16.4. The zero-order valence-electron chi connectivity index (χ0n) is 14.4. The van der Waals surface area contributed by atoms with Gasteiger partial charge in [0.15, 0.2) is 5.89 Å². The lowest BCUT2D eigenvalue weighted by atomic mass is 10.1. The number of hydrogen-bond acceptors (Lipinski definition) is 4. The van der Waals surface area contributed by atoms with E-state index in [9.17, 15) is 9.59 Å². The van der Waals surface area contributed by atoms with E-state index < -0.39 is 0 Å². The van der Waals surface area contributed by atoms with Crippen molar-refractivity contribution in [2.45, 2.75) is 39.7 Å². The van der Waals surface area contributed by atoms with Crippen LogP contribution in [-0.2, 0) is 26.4 Å². The third-order valence-electron chi connectivity index (χ3n) is 4.35. The molecular weight excluding hydrogens is 306 g/mol. The molecule has 0 bridgehead atoms. The zero-order chi connectivity index (χ0) is 17.3. The monoisotopic (exact) mass is 329 g/mol. The minimum Gasteiger partial charge on any atom is -0.445 e. The molecule has 3 heterocycles. The molecule has 0 N–H and O–H groups in total. The van der Waals surface area contributed by atoms with Gasteiger partial charge in [-0.2, -0.15) is 0 Å². The Kier molecular flexibility index (Phi) is 4.55. The number of fused-ring (bicyclic) bond motifs is 1. The standard InChI is InChI=1S/C18H23N3O3/c1-12(2)4-5-16-19-14-11-21(9-7-15(14)24-16)18(23)13-6-8-20(3)17(22)10-13/h6,8,10,12H,4-5,7,9,11H2,1-3H3. The van der Waals surface area contributed by atoms with Crippen molar-refractivity contribution in [3.63, 3.8) is 0 Å². The fourth-order valence-corrected chi connectivity index (χ4v) is 2.81. The summed E-state index contributed by atoms with van der Waals surface area (Å²) in [5.74, 6) is 2.12. The van der Waals surface area contributed by atoms with Crippen molar-refractivity contribution in [3.05, 3.63) is 51.6 Å². The summed E-state index contributed by atoms with van der Waals surface area (Å²) in [6, 6.07) is 3.06. The maximum absolute atomic E-state index is 12.6. The first-order valence-electron chi connectivity index (χ1n) is 8.37. The predicted molar refractivity (Wildman–Crippen MR) is 89.8 cm³/mol. The van der Waals surface area contributed by atoms with Crippen LogP contribution >= 0.6 is 0 Å². The normalized spacial score (nSPS) is 14.1. The van der Waals surface area contributed by atoms with Gasteiger partial charge in [0.2, 0.25) is 0 Å². The first-order chi connectivity index (χ1) is 11.4. The number of amides is 1. The van der Waals surface area contributed by atoms with E-state index in [4.69, 9.17) is 4.42 Å². The summed E-state index contributed by atoms with van der Waals surface area (Å²) in [4.78, 5) is 30.6. The lowest BCUT2D eigenvalue weighted by molar-refractivity contribution is 0.0727. The van der Waals surface area contributed by atoms with E-state index >= 15 is 0 Å². The summed E-state index contributed by atoms with van der Waals surface area (Å²) >= 11 is 0. The molecular formula is C18H23N3O3. The molecule has 0 saturated heterocycles. The Labute approximate surface area is 141 Å². The van der Waals surface area contributed by atoms with Crippen LogP contribution in [0.2, 0.25) is 0 Å². The van der Waals surface area contributed by atoms with Crippen LogP contribution in [0, 0.1) is 5.92 Å². The topological polar surface area (TPSA) is 68.3 Å². The van der Waals surface area contributed by atoms with E-state index in [0.29, 0.717) is 31.0 Å². The van der Waals surface area contributed by atoms with E-state index in [0.717, 1.165) is 30.2 Å². The van der Waals surface area contributed by atoms with E-state index in [2.05, 4.69) is 18.8 Å². The van der Waals surface area contributed by atoms with Crippen LogP contribution in [-0.4, -0.2) is 26.9 Å². The molecule has 1 aliphatic rings. The third kappa shape index (κ3) is 3.42. The maximum atomic E-state index is 12.6. The molecule has 24 heavy (non-hydrogen) atoms. The molecule has 0 aliphatic carbocycles. The molecule has 0 fully saturated rings. The summed E-state index contributed by atoms with van der Waals surface area (Å²) in [5.41, 5.74) is 1.08. The molecule has 0 saturated carbocycles. The highest BCUT2D eigenvalue weighted by Crippen LogP contribution is 2.22. The molecule has 1 amide bonds. The van der Waals surface area contributed by atoms with Gasteiger partial charge in [-0.25, -0.2) is 4.98 Å². The highest BCUT2D eigenvalue weighted by molar-refractivity contribution is 5.94. The van der Waals surface area contributed by atoms with Gasteiger partial charge in [0, 0.05) is 44.3 Å². The average molecular weight is 329 g/mol. The third-order valence-corrected chi connectivity index (χ3v) is 4.35. The summed E-state index contributed by atoms with van der Waals surface area (Å²) in [5, 5.41) is 0. The van der Waals surface area contributed by atoms with Crippen LogP contribution in [0.5, 0.6) is 0 Å². The molecule has 0 radical (unpaired) electrons.